The number of esters is 1. The summed E-state index contributed by atoms with van der Waals surface area (Å²) in [7, 11) is -4.28. The van der Waals surface area contributed by atoms with Crippen LogP contribution in [0.15, 0.2) is 46.1 Å². The molecule has 1 aromatic carbocycles. The predicted molar refractivity (Wildman–Crippen MR) is 135 cm³/mol. The number of aromatic amines is 1. The number of aliphatic hydroxyl groups excluding tert-OH is 1. The van der Waals surface area contributed by atoms with Crippen molar-refractivity contribution < 1.29 is 33.0 Å². The molecule has 204 valence electrons. The largest absolute Gasteiger partial charge is 0.462 e. The van der Waals surface area contributed by atoms with Gasteiger partial charge in [-0.2, -0.15) is 5.09 Å². The first-order chi connectivity index (χ1) is 17.2. The highest BCUT2D eigenvalue weighted by Crippen LogP contribution is 2.49. The van der Waals surface area contributed by atoms with E-state index in [1.165, 1.54) is 32.2 Å². The third kappa shape index (κ3) is 7.02. The maximum atomic E-state index is 13.6. The molecule has 0 saturated carbocycles. The van der Waals surface area contributed by atoms with Crippen LogP contribution in [-0.2, 0) is 23.4 Å². The molecule has 1 aliphatic heterocycles. The molecule has 5 atom stereocenters. The van der Waals surface area contributed by atoms with E-state index in [1.807, 2.05) is 0 Å². The standard InChI is InChI=1S/C22H28Cl2N3O9P/c1-12(2)34-19(30)14(4)26-37(32,36-15-8-6-5-7-9-15)33-11-16-17(28)22(23,24)20(35-16)27-10-13(3)18(29)25-21(27)31/h5-10,12,14,16-17,20,28H,11H2,1-4H3,(H,26,32)(H,25,29,31)/t14-,16-,17-,20-,37+/m1/s1. The molecule has 3 N–H and O–H groups in total. The quantitative estimate of drug-likeness (QED) is 0.217. The van der Waals surface area contributed by atoms with Crippen LogP contribution >= 0.6 is 30.9 Å². The first-order valence-corrected chi connectivity index (χ1v) is 13.5. The van der Waals surface area contributed by atoms with Gasteiger partial charge in [0.05, 0.1) is 12.7 Å². The van der Waals surface area contributed by atoms with E-state index < -0.39 is 66.5 Å². The molecule has 12 nitrogen and oxygen atoms in total. The molecule has 0 bridgehead atoms. The van der Waals surface area contributed by atoms with Gasteiger partial charge in [-0.15, -0.1) is 0 Å². The number of aryl methyl sites for hydroxylation is 1. The molecule has 2 aromatic rings. The van der Waals surface area contributed by atoms with Gasteiger partial charge in [-0.05, 0) is 39.8 Å². The van der Waals surface area contributed by atoms with Gasteiger partial charge >= 0.3 is 19.4 Å². The molecule has 0 aliphatic carbocycles. The summed E-state index contributed by atoms with van der Waals surface area (Å²) in [6, 6.07) is 6.96. The number of benzene rings is 1. The number of H-pyrrole nitrogens is 1. The number of aromatic nitrogens is 2. The van der Waals surface area contributed by atoms with Crippen LogP contribution in [0.4, 0.5) is 0 Å². The average molecular weight is 580 g/mol. The molecule has 1 aliphatic rings. The van der Waals surface area contributed by atoms with Crippen LogP contribution < -0.4 is 20.9 Å². The second kappa shape index (κ2) is 11.7. The van der Waals surface area contributed by atoms with Gasteiger partial charge < -0.3 is 19.1 Å². The Hall–Kier alpha value is -2.18. The van der Waals surface area contributed by atoms with Crippen molar-refractivity contribution in [2.75, 3.05) is 6.61 Å². The lowest BCUT2D eigenvalue weighted by molar-refractivity contribution is -0.149. The molecule has 0 unspecified atom stereocenters. The van der Waals surface area contributed by atoms with E-state index in [9.17, 15) is 24.1 Å². The number of hydrogen-bond donors (Lipinski definition) is 3. The van der Waals surface area contributed by atoms with E-state index in [0.717, 1.165) is 4.57 Å². The second-order valence-corrected chi connectivity index (χ2v) is 11.8. The zero-order valence-electron chi connectivity index (χ0n) is 20.4. The topological polar surface area (TPSA) is 158 Å². The molecule has 3 rings (SSSR count). The van der Waals surface area contributed by atoms with Crippen molar-refractivity contribution in [3.63, 3.8) is 0 Å². The SMILES string of the molecule is Cc1cn([C@@H]2O[C@H](CO[P@@](=O)(N[C@H](C)C(=O)OC(C)C)Oc3ccccc3)[C@@H](O)C2(Cl)Cl)c(=O)[nH]c1=O. The fourth-order valence-corrected chi connectivity index (χ4v) is 5.47. The summed E-state index contributed by atoms with van der Waals surface area (Å²) in [5.74, 6) is -0.520. The molecular weight excluding hydrogens is 552 g/mol. The molecule has 1 fully saturated rings. The van der Waals surface area contributed by atoms with Gasteiger partial charge in [0, 0.05) is 11.8 Å². The minimum Gasteiger partial charge on any atom is -0.462 e. The van der Waals surface area contributed by atoms with Gasteiger partial charge in [0.25, 0.3) is 5.56 Å². The van der Waals surface area contributed by atoms with Crippen molar-refractivity contribution in [1.82, 2.24) is 14.6 Å². The summed E-state index contributed by atoms with van der Waals surface area (Å²) in [4.78, 5) is 38.5. The smallest absolute Gasteiger partial charge is 0.459 e. The van der Waals surface area contributed by atoms with E-state index in [0.29, 0.717) is 0 Å². The summed E-state index contributed by atoms with van der Waals surface area (Å²) in [5, 5.41) is 13.2. The van der Waals surface area contributed by atoms with Crippen molar-refractivity contribution in [3.05, 3.63) is 62.9 Å². The second-order valence-electron chi connectivity index (χ2n) is 8.66. The van der Waals surface area contributed by atoms with E-state index in [4.69, 9.17) is 41.7 Å². The van der Waals surface area contributed by atoms with Gasteiger partial charge in [0.2, 0.25) is 0 Å². The molecule has 1 aromatic heterocycles. The van der Waals surface area contributed by atoms with Crippen molar-refractivity contribution >= 4 is 36.9 Å². The van der Waals surface area contributed by atoms with Gasteiger partial charge in [-0.1, -0.05) is 41.4 Å². The van der Waals surface area contributed by atoms with Gasteiger partial charge in [0.1, 0.15) is 24.0 Å². The number of hydrogen-bond acceptors (Lipinski definition) is 9. The zero-order chi connectivity index (χ0) is 27.5. The number of nitrogens with one attached hydrogen (secondary N) is 2. The minimum atomic E-state index is -4.28. The Labute approximate surface area is 222 Å². The number of aliphatic hydroxyl groups is 1. The maximum absolute atomic E-state index is 13.6. The maximum Gasteiger partial charge on any atom is 0.459 e. The van der Waals surface area contributed by atoms with E-state index in [-0.39, 0.29) is 11.3 Å². The third-order valence-electron chi connectivity index (χ3n) is 5.21. The Morgan fingerprint density at radius 2 is 1.92 bits per heavy atom. The summed E-state index contributed by atoms with van der Waals surface area (Å²) in [5.41, 5.74) is -1.30. The summed E-state index contributed by atoms with van der Waals surface area (Å²) in [6.45, 7) is 5.63. The fourth-order valence-electron chi connectivity index (χ4n) is 3.37. The number of rotatable bonds is 10. The first-order valence-electron chi connectivity index (χ1n) is 11.2. The minimum absolute atomic E-state index is 0.174. The normalized spacial score (nSPS) is 23.4. The van der Waals surface area contributed by atoms with Crippen LogP contribution in [0, 0.1) is 6.92 Å². The number of carbonyl (C=O) groups excluding carboxylic acids is 1. The molecule has 2 heterocycles. The summed E-state index contributed by atoms with van der Waals surface area (Å²) in [6.07, 6.45) is -3.55. The number of ether oxygens (including phenoxy) is 2. The van der Waals surface area contributed by atoms with Crippen LogP contribution in [0.25, 0.3) is 0 Å². The number of halogens is 2. The Morgan fingerprint density at radius 1 is 1.27 bits per heavy atom. The molecule has 0 amide bonds. The van der Waals surface area contributed by atoms with Crippen molar-refractivity contribution in [2.45, 2.75) is 62.6 Å². The molecule has 0 radical (unpaired) electrons. The Bertz CT molecular complexity index is 1270. The number of nitrogens with zero attached hydrogens (tertiary/aromatic N) is 1. The molecule has 15 heteroatoms. The fraction of sp³-hybridized carbons (Fsp3) is 0.500. The van der Waals surface area contributed by atoms with Gasteiger partial charge in [0.15, 0.2) is 10.6 Å². The number of para-hydroxylation sites is 1. The van der Waals surface area contributed by atoms with Gasteiger partial charge in [-0.3, -0.25) is 23.7 Å². The van der Waals surface area contributed by atoms with E-state index in [1.54, 1.807) is 32.0 Å². The predicted octanol–water partition coefficient (Wildman–Crippen LogP) is 2.41. The summed E-state index contributed by atoms with van der Waals surface area (Å²) < 4.78 is 34.4. The van der Waals surface area contributed by atoms with Crippen LogP contribution in [0.3, 0.4) is 0 Å². The Morgan fingerprint density at radius 3 is 2.54 bits per heavy atom. The summed E-state index contributed by atoms with van der Waals surface area (Å²) >= 11 is 12.7. The first kappa shape index (κ1) is 29.4. The van der Waals surface area contributed by atoms with Crippen molar-refractivity contribution in [2.24, 2.45) is 0 Å². The van der Waals surface area contributed by atoms with Crippen LogP contribution in [0.5, 0.6) is 5.75 Å². The number of alkyl halides is 2. The Balaban J connectivity index is 1.82. The van der Waals surface area contributed by atoms with E-state index in [2.05, 4.69) is 10.1 Å². The lowest BCUT2D eigenvalue weighted by atomic mass is 10.1. The lowest BCUT2D eigenvalue weighted by Crippen LogP contribution is -2.42. The third-order valence-corrected chi connectivity index (χ3v) is 7.68. The number of carbonyl (C=O) groups is 1. The monoisotopic (exact) mass is 579 g/mol. The highest BCUT2D eigenvalue weighted by molar-refractivity contribution is 7.52. The Kier molecular flexibility index (Phi) is 9.28. The molecular formula is C22H28Cl2N3O9P. The van der Waals surface area contributed by atoms with E-state index >= 15 is 0 Å². The molecule has 1 saturated heterocycles. The molecule has 0 spiro atoms. The highest BCUT2D eigenvalue weighted by atomic mass is 35.5. The highest BCUT2D eigenvalue weighted by Gasteiger charge is 2.56. The van der Waals surface area contributed by atoms with Crippen molar-refractivity contribution in [3.8, 4) is 5.75 Å². The van der Waals surface area contributed by atoms with Crippen molar-refractivity contribution in [1.29, 1.82) is 0 Å². The van der Waals surface area contributed by atoms with Gasteiger partial charge in [-0.25, -0.2) is 9.36 Å². The zero-order valence-corrected chi connectivity index (χ0v) is 22.8. The molecule has 37 heavy (non-hydrogen) atoms. The van der Waals surface area contributed by atoms with Crippen LogP contribution in [0.2, 0.25) is 0 Å². The van der Waals surface area contributed by atoms with Crippen LogP contribution in [0.1, 0.15) is 32.6 Å². The van der Waals surface area contributed by atoms with Crippen LogP contribution in [-0.4, -0.2) is 55.9 Å². The average Bonchev–Trinajstić information content (AvgIpc) is 3.03. The lowest BCUT2D eigenvalue weighted by Gasteiger charge is -2.25.